The summed E-state index contributed by atoms with van der Waals surface area (Å²) in [5.41, 5.74) is -2.38. The van der Waals surface area contributed by atoms with Crippen LogP contribution in [0.25, 0.3) is 22.3 Å². The number of fused-ring (bicyclic) bond motifs is 1. The summed E-state index contributed by atoms with van der Waals surface area (Å²) in [6.07, 6.45) is -16.0. The van der Waals surface area contributed by atoms with Crippen molar-refractivity contribution in [2.24, 2.45) is 0 Å². The van der Waals surface area contributed by atoms with Crippen LogP contribution in [0.5, 0.6) is 23.0 Å². The number of aromatic hydroxyl groups is 4. The maximum absolute atomic E-state index is 13.5. The van der Waals surface area contributed by atoms with E-state index in [4.69, 9.17) is 13.9 Å². The standard InChI is InChI=1S/C27H30O14/c1-7-17(31)21(35)23(37)26(39-7)15-19(33)14-12(30)6-13(9-3-4-10(28)11(29)5-9)41-25(14)16(20(15)34)27-24(38)22(36)18(32)8(2)40-27/h3-8,17-18,21-24,26-29,31-38H,1-2H3/t7?,8-,17-,18-,21-,22?,23?,24?,26-,27-/m0/s1. The molecule has 2 fully saturated rings. The molecular weight excluding hydrogens is 548 g/mol. The number of aliphatic hydroxyl groups is 6. The highest BCUT2D eigenvalue weighted by molar-refractivity contribution is 5.92. The van der Waals surface area contributed by atoms with Crippen LogP contribution in [0.2, 0.25) is 0 Å². The van der Waals surface area contributed by atoms with E-state index in [9.17, 15) is 55.9 Å². The van der Waals surface area contributed by atoms with Crippen LogP contribution >= 0.6 is 0 Å². The van der Waals surface area contributed by atoms with E-state index in [0.29, 0.717) is 0 Å². The molecule has 2 aromatic carbocycles. The molecule has 0 amide bonds. The fraction of sp³-hybridized carbons (Fsp3) is 0.444. The van der Waals surface area contributed by atoms with Gasteiger partial charge in [-0.3, -0.25) is 4.79 Å². The molecule has 10 atom stereocenters. The van der Waals surface area contributed by atoms with Crippen molar-refractivity contribution in [2.45, 2.75) is 74.9 Å². The Bertz CT molecular complexity index is 1530. The van der Waals surface area contributed by atoms with Crippen molar-refractivity contribution in [3.05, 3.63) is 45.6 Å². The Morgan fingerprint density at radius 3 is 1.71 bits per heavy atom. The van der Waals surface area contributed by atoms with Crippen LogP contribution in [0.15, 0.2) is 33.5 Å². The molecule has 2 aliphatic heterocycles. The lowest BCUT2D eigenvalue weighted by Gasteiger charge is -2.41. The molecule has 0 spiro atoms. The van der Waals surface area contributed by atoms with E-state index in [-0.39, 0.29) is 11.3 Å². The molecule has 10 N–H and O–H groups in total. The van der Waals surface area contributed by atoms with Crippen molar-refractivity contribution in [2.75, 3.05) is 0 Å². The molecule has 14 nitrogen and oxygen atoms in total. The minimum Gasteiger partial charge on any atom is -0.507 e. The van der Waals surface area contributed by atoms with Crippen molar-refractivity contribution in [3.8, 4) is 34.3 Å². The van der Waals surface area contributed by atoms with Crippen LogP contribution in [-0.4, -0.2) is 99.9 Å². The molecule has 3 heterocycles. The molecule has 5 rings (SSSR count). The fourth-order valence-corrected chi connectivity index (χ4v) is 5.34. The van der Waals surface area contributed by atoms with Crippen LogP contribution in [0.4, 0.5) is 0 Å². The number of ether oxygens (including phenoxy) is 2. The normalized spacial score (nSPS) is 34.1. The van der Waals surface area contributed by atoms with E-state index in [1.165, 1.54) is 19.9 Å². The van der Waals surface area contributed by atoms with E-state index in [0.717, 1.165) is 18.2 Å². The van der Waals surface area contributed by atoms with E-state index in [2.05, 4.69) is 0 Å². The Morgan fingerprint density at radius 1 is 0.634 bits per heavy atom. The number of hydrogen-bond donors (Lipinski definition) is 10. The summed E-state index contributed by atoms with van der Waals surface area (Å²) in [5, 5.41) is 105. The zero-order chi connectivity index (χ0) is 30.1. The monoisotopic (exact) mass is 578 g/mol. The van der Waals surface area contributed by atoms with Gasteiger partial charge in [-0.1, -0.05) is 0 Å². The Labute approximate surface area is 231 Å². The van der Waals surface area contributed by atoms with Gasteiger partial charge in [-0.25, -0.2) is 0 Å². The summed E-state index contributed by atoms with van der Waals surface area (Å²) >= 11 is 0. The lowest BCUT2D eigenvalue weighted by Crippen LogP contribution is -2.53. The molecule has 1 aromatic heterocycles. The van der Waals surface area contributed by atoms with Gasteiger partial charge in [0, 0.05) is 11.6 Å². The second-order valence-electron chi connectivity index (χ2n) is 10.4. The lowest BCUT2D eigenvalue weighted by molar-refractivity contribution is -0.222. The first-order valence-electron chi connectivity index (χ1n) is 12.7. The van der Waals surface area contributed by atoms with Crippen LogP contribution < -0.4 is 5.43 Å². The molecule has 2 saturated heterocycles. The average Bonchev–Trinajstić information content (AvgIpc) is 2.92. The molecule has 41 heavy (non-hydrogen) atoms. The number of benzene rings is 2. The molecule has 0 radical (unpaired) electrons. The Balaban J connectivity index is 1.82. The van der Waals surface area contributed by atoms with Crippen molar-refractivity contribution in [1.29, 1.82) is 0 Å². The number of rotatable bonds is 3. The topological polar surface area (TPSA) is 251 Å². The second-order valence-corrected chi connectivity index (χ2v) is 10.4. The Morgan fingerprint density at radius 2 is 1.17 bits per heavy atom. The first-order valence-corrected chi connectivity index (χ1v) is 12.7. The van der Waals surface area contributed by atoms with E-state index < -0.39 is 112 Å². The van der Waals surface area contributed by atoms with Crippen LogP contribution in [-0.2, 0) is 9.47 Å². The molecular formula is C27H30O14. The first-order chi connectivity index (χ1) is 19.2. The maximum atomic E-state index is 13.5. The zero-order valence-corrected chi connectivity index (χ0v) is 21.7. The third-order valence-corrected chi connectivity index (χ3v) is 7.73. The number of hydrogen-bond acceptors (Lipinski definition) is 14. The van der Waals surface area contributed by atoms with Crippen LogP contribution in [0.3, 0.4) is 0 Å². The van der Waals surface area contributed by atoms with Crippen molar-refractivity contribution >= 4 is 11.0 Å². The summed E-state index contributed by atoms with van der Waals surface area (Å²) in [5.74, 6) is -3.00. The largest absolute Gasteiger partial charge is 0.507 e. The van der Waals surface area contributed by atoms with Crippen molar-refractivity contribution in [3.63, 3.8) is 0 Å². The van der Waals surface area contributed by atoms with Crippen molar-refractivity contribution < 1.29 is 65.0 Å². The molecule has 0 bridgehead atoms. The SMILES string of the molecule is CC1O[C@@H](c2c(O)c([C@@H]3O[C@@H](C)[C@H](O)C(O)C3O)c3oc(-c4ccc(O)c(O)c4)cc(=O)c3c2O)C(O)[C@@H](O)[C@H]1O. The Hall–Kier alpha value is -3.47. The van der Waals surface area contributed by atoms with Gasteiger partial charge >= 0.3 is 0 Å². The summed E-state index contributed by atoms with van der Waals surface area (Å²) < 4.78 is 17.2. The lowest BCUT2D eigenvalue weighted by atomic mass is 9.85. The van der Waals surface area contributed by atoms with E-state index >= 15 is 0 Å². The van der Waals surface area contributed by atoms with E-state index in [1.54, 1.807) is 0 Å². The fourth-order valence-electron chi connectivity index (χ4n) is 5.34. The van der Waals surface area contributed by atoms with Gasteiger partial charge in [-0.15, -0.1) is 0 Å². The molecule has 3 aromatic rings. The molecule has 0 aliphatic carbocycles. The third kappa shape index (κ3) is 4.58. The zero-order valence-electron chi connectivity index (χ0n) is 21.7. The predicted octanol–water partition coefficient (Wildman–Crippen LogP) is -0.633. The van der Waals surface area contributed by atoms with Gasteiger partial charge in [-0.2, -0.15) is 0 Å². The highest BCUT2D eigenvalue weighted by Gasteiger charge is 2.48. The van der Waals surface area contributed by atoms with Gasteiger partial charge in [0.05, 0.1) is 23.3 Å². The van der Waals surface area contributed by atoms with Gasteiger partial charge < -0.3 is 65.0 Å². The van der Waals surface area contributed by atoms with Gasteiger partial charge in [0.25, 0.3) is 0 Å². The maximum Gasteiger partial charge on any atom is 0.197 e. The highest BCUT2D eigenvalue weighted by Crippen LogP contribution is 2.51. The average molecular weight is 579 g/mol. The summed E-state index contributed by atoms with van der Waals surface area (Å²) in [4.78, 5) is 13.5. The molecule has 14 heteroatoms. The van der Waals surface area contributed by atoms with Crippen molar-refractivity contribution in [1.82, 2.24) is 0 Å². The van der Waals surface area contributed by atoms with Gasteiger partial charge in [0.1, 0.15) is 71.5 Å². The van der Waals surface area contributed by atoms with Crippen LogP contribution in [0, 0.1) is 0 Å². The first kappa shape index (κ1) is 29.0. The molecule has 4 unspecified atom stereocenters. The van der Waals surface area contributed by atoms with Gasteiger partial charge in [0.15, 0.2) is 22.5 Å². The highest BCUT2D eigenvalue weighted by atomic mass is 16.5. The number of aliphatic hydroxyl groups excluding tert-OH is 6. The number of phenolic OH excluding ortho intramolecular Hbond substituents is 4. The van der Waals surface area contributed by atoms with Gasteiger partial charge in [-0.05, 0) is 32.0 Å². The third-order valence-electron chi connectivity index (χ3n) is 7.73. The Kier molecular flexibility index (Phi) is 7.38. The second kappa shape index (κ2) is 10.4. The van der Waals surface area contributed by atoms with E-state index in [1.807, 2.05) is 0 Å². The van der Waals surface area contributed by atoms with Gasteiger partial charge in [0.2, 0.25) is 0 Å². The summed E-state index contributed by atoms with van der Waals surface area (Å²) in [6.45, 7) is 2.74. The minimum absolute atomic E-state index is 0.0965. The quantitative estimate of drug-likeness (QED) is 0.174. The molecule has 2 aliphatic rings. The molecule has 0 saturated carbocycles. The molecule has 222 valence electrons. The smallest absolute Gasteiger partial charge is 0.197 e. The van der Waals surface area contributed by atoms with Crippen LogP contribution in [0.1, 0.15) is 37.2 Å². The number of phenols is 4. The summed E-state index contributed by atoms with van der Waals surface area (Å²) in [7, 11) is 0. The summed E-state index contributed by atoms with van der Waals surface area (Å²) in [6, 6.07) is 4.46. The minimum atomic E-state index is -1.90. The predicted molar refractivity (Wildman–Crippen MR) is 137 cm³/mol.